The molecule has 0 aromatic heterocycles. The molecule has 0 heterocycles. The molecule has 116 valence electrons. The Bertz CT molecular complexity index is 564. The van der Waals surface area contributed by atoms with Gasteiger partial charge < -0.3 is 4.74 Å². The highest BCUT2D eigenvalue weighted by Crippen LogP contribution is 2.23. The quantitative estimate of drug-likeness (QED) is 0.470. The van der Waals surface area contributed by atoms with E-state index in [1.54, 1.807) is 0 Å². The number of benzene rings is 2. The van der Waals surface area contributed by atoms with E-state index >= 15 is 0 Å². The van der Waals surface area contributed by atoms with Crippen LogP contribution >= 0.6 is 11.8 Å². The summed E-state index contributed by atoms with van der Waals surface area (Å²) in [5, 5.41) is 0.0562. The first kappa shape index (κ1) is 16.6. The molecule has 0 unspecified atom stereocenters. The molecule has 0 aliphatic carbocycles. The van der Waals surface area contributed by atoms with Gasteiger partial charge in [-0.2, -0.15) is 0 Å². The molecule has 0 fully saturated rings. The molecule has 0 aliphatic heterocycles. The topological polar surface area (TPSA) is 26.3 Å². The first-order valence-corrected chi connectivity index (χ1v) is 8.61. The van der Waals surface area contributed by atoms with Crippen LogP contribution in [0.25, 0.3) is 0 Å². The third-order valence-electron chi connectivity index (χ3n) is 3.31. The summed E-state index contributed by atoms with van der Waals surface area (Å²) >= 11 is 1.25. The van der Waals surface area contributed by atoms with Crippen molar-refractivity contribution in [2.24, 2.45) is 0 Å². The lowest BCUT2D eigenvalue weighted by Gasteiger charge is -2.07. The van der Waals surface area contributed by atoms with Crippen LogP contribution in [-0.2, 0) is 0 Å². The third kappa shape index (κ3) is 5.57. The molecule has 2 rings (SSSR count). The fourth-order valence-corrected chi connectivity index (χ4v) is 2.82. The average molecular weight is 314 g/mol. The fraction of sp³-hybridized carbons (Fsp3) is 0.316. The summed E-state index contributed by atoms with van der Waals surface area (Å²) in [6.45, 7) is 2.94. The van der Waals surface area contributed by atoms with Gasteiger partial charge in [-0.15, -0.1) is 0 Å². The van der Waals surface area contributed by atoms with E-state index in [0.717, 1.165) is 23.7 Å². The van der Waals surface area contributed by atoms with Crippen LogP contribution in [0, 0.1) is 0 Å². The maximum atomic E-state index is 12.2. The van der Waals surface area contributed by atoms with Gasteiger partial charge >= 0.3 is 0 Å². The molecule has 0 aliphatic rings. The summed E-state index contributed by atoms with van der Waals surface area (Å²) in [4.78, 5) is 13.1. The van der Waals surface area contributed by atoms with E-state index in [0.29, 0.717) is 5.56 Å². The van der Waals surface area contributed by atoms with Crippen molar-refractivity contribution >= 4 is 16.9 Å². The summed E-state index contributed by atoms with van der Waals surface area (Å²) in [7, 11) is 0. The molecule has 2 nitrogen and oxygen atoms in total. The third-order valence-corrected chi connectivity index (χ3v) is 4.24. The van der Waals surface area contributed by atoms with E-state index in [2.05, 4.69) is 6.92 Å². The highest BCUT2D eigenvalue weighted by molar-refractivity contribution is 8.14. The van der Waals surface area contributed by atoms with Crippen molar-refractivity contribution in [2.45, 2.75) is 37.5 Å². The van der Waals surface area contributed by atoms with E-state index < -0.39 is 0 Å². The van der Waals surface area contributed by atoms with Crippen molar-refractivity contribution in [3.05, 3.63) is 60.2 Å². The Morgan fingerprint density at radius 1 is 0.955 bits per heavy atom. The smallest absolute Gasteiger partial charge is 0.224 e. The second kappa shape index (κ2) is 9.31. The lowest BCUT2D eigenvalue weighted by atomic mass is 10.2. The van der Waals surface area contributed by atoms with Crippen molar-refractivity contribution < 1.29 is 9.53 Å². The molecule has 0 spiro atoms. The molecule has 0 radical (unpaired) electrons. The number of carbonyl (C=O) groups excluding carboxylic acids is 1. The van der Waals surface area contributed by atoms with Crippen LogP contribution in [0.15, 0.2) is 59.5 Å². The van der Waals surface area contributed by atoms with Crippen LogP contribution in [-0.4, -0.2) is 11.7 Å². The number of rotatable bonds is 8. The zero-order valence-corrected chi connectivity index (χ0v) is 13.8. The van der Waals surface area contributed by atoms with E-state index in [1.165, 1.54) is 31.0 Å². The lowest BCUT2D eigenvalue weighted by Crippen LogP contribution is -1.98. The van der Waals surface area contributed by atoms with Crippen molar-refractivity contribution in [3.63, 3.8) is 0 Å². The molecular weight excluding hydrogens is 292 g/mol. The van der Waals surface area contributed by atoms with Crippen LogP contribution in [0.2, 0.25) is 0 Å². The first-order valence-electron chi connectivity index (χ1n) is 7.79. The maximum absolute atomic E-state index is 12.2. The first-order chi connectivity index (χ1) is 10.8. The largest absolute Gasteiger partial charge is 0.494 e. The molecule has 0 saturated carbocycles. The molecule has 0 amide bonds. The number of carbonyl (C=O) groups is 1. The van der Waals surface area contributed by atoms with Gasteiger partial charge in [0.05, 0.1) is 6.61 Å². The summed E-state index contributed by atoms with van der Waals surface area (Å²) < 4.78 is 5.69. The predicted molar refractivity (Wildman–Crippen MR) is 92.7 cm³/mol. The van der Waals surface area contributed by atoms with E-state index in [9.17, 15) is 4.79 Å². The molecule has 0 bridgehead atoms. The predicted octanol–water partition coefficient (Wildman–Crippen LogP) is 5.58. The van der Waals surface area contributed by atoms with Crippen molar-refractivity contribution in [1.29, 1.82) is 0 Å². The fourth-order valence-electron chi connectivity index (χ4n) is 2.06. The van der Waals surface area contributed by atoms with Gasteiger partial charge in [-0.25, -0.2) is 0 Å². The Morgan fingerprint density at radius 3 is 2.36 bits per heavy atom. The molecule has 2 aromatic carbocycles. The SMILES string of the molecule is CCCCCCOc1ccc(C(=O)Sc2ccccc2)cc1. The zero-order valence-electron chi connectivity index (χ0n) is 13.0. The van der Waals surface area contributed by atoms with Gasteiger partial charge in [0.1, 0.15) is 5.75 Å². The minimum absolute atomic E-state index is 0.0562. The standard InChI is InChI=1S/C19H22O2S/c1-2-3-4-8-15-21-17-13-11-16(12-14-17)19(20)22-18-9-6-5-7-10-18/h5-7,9-14H,2-4,8,15H2,1H3. The van der Waals surface area contributed by atoms with Gasteiger partial charge in [0.2, 0.25) is 5.12 Å². The zero-order chi connectivity index (χ0) is 15.6. The van der Waals surface area contributed by atoms with Crippen molar-refractivity contribution in [3.8, 4) is 5.75 Å². The molecule has 3 heteroatoms. The number of hydrogen-bond acceptors (Lipinski definition) is 3. The summed E-state index contributed by atoms with van der Waals surface area (Å²) in [6.07, 6.45) is 4.78. The van der Waals surface area contributed by atoms with Crippen LogP contribution in [0.3, 0.4) is 0 Å². The Labute approximate surface area is 136 Å². The van der Waals surface area contributed by atoms with Crippen LogP contribution in [0.1, 0.15) is 43.0 Å². The number of hydrogen-bond donors (Lipinski definition) is 0. The Kier molecular flexibility index (Phi) is 7.04. The Morgan fingerprint density at radius 2 is 1.68 bits per heavy atom. The van der Waals surface area contributed by atoms with Crippen molar-refractivity contribution in [2.75, 3.05) is 6.61 Å². The molecule has 22 heavy (non-hydrogen) atoms. The molecule has 0 N–H and O–H groups in total. The molecule has 0 saturated heterocycles. The number of thioether (sulfide) groups is 1. The van der Waals surface area contributed by atoms with Gasteiger partial charge in [-0.1, -0.05) is 44.4 Å². The number of unbranched alkanes of at least 4 members (excludes halogenated alkanes) is 3. The van der Waals surface area contributed by atoms with Crippen LogP contribution < -0.4 is 4.74 Å². The van der Waals surface area contributed by atoms with Gasteiger partial charge in [0.15, 0.2) is 0 Å². The summed E-state index contributed by atoms with van der Waals surface area (Å²) in [5.41, 5.74) is 0.701. The minimum Gasteiger partial charge on any atom is -0.494 e. The molecule has 2 aromatic rings. The van der Waals surface area contributed by atoms with Gasteiger partial charge in [0, 0.05) is 10.5 Å². The average Bonchev–Trinajstić information content (AvgIpc) is 2.56. The Hall–Kier alpha value is -1.74. The summed E-state index contributed by atoms with van der Waals surface area (Å²) in [5.74, 6) is 0.831. The normalized spacial score (nSPS) is 10.4. The second-order valence-electron chi connectivity index (χ2n) is 5.14. The number of ether oxygens (including phenoxy) is 1. The maximum Gasteiger partial charge on any atom is 0.224 e. The summed E-state index contributed by atoms with van der Waals surface area (Å²) in [6, 6.07) is 17.1. The Balaban J connectivity index is 1.82. The van der Waals surface area contributed by atoms with Gasteiger partial charge in [0.25, 0.3) is 0 Å². The van der Waals surface area contributed by atoms with E-state index in [4.69, 9.17) is 4.74 Å². The van der Waals surface area contributed by atoms with E-state index in [1.807, 2.05) is 54.6 Å². The molecular formula is C19H22O2S. The molecule has 0 atom stereocenters. The van der Waals surface area contributed by atoms with E-state index in [-0.39, 0.29) is 5.12 Å². The second-order valence-corrected chi connectivity index (χ2v) is 6.18. The minimum atomic E-state index is 0.0562. The van der Waals surface area contributed by atoms with Crippen molar-refractivity contribution in [1.82, 2.24) is 0 Å². The van der Waals surface area contributed by atoms with Gasteiger partial charge in [-0.3, -0.25) is 4.79 Å². The van der Waals surface area contributed by atoms with Crippen LogP contribution in [0.5, 0.6) is 5.75 Å². The van der Waals surface area contributed by atoms with Gasteiger partial charge in [-0.05, 0) is 54.6 Å². The lowest BCUT2D eigenvalue weighted by molar-refractivity contribution is 0.108. The highest BCUT2D eigenvalue weighted by atomic mass is 32.2. The monoisotopic (exact) mass is 314 g/mol. The van der Waals surface area contributed by atoms with Crippen LogP contribution in [0.4, 0.5) is 0 Å². The highest BCUT2D eigenvalue weighted by Gasteiger charge is 2.08.